The first-order valence-corrected chi connectivity index (χ1v) is 1.36. The van der Waals surface area contributed by atoms with Crippen molar-refractivity contribution < 1.29 is 28.7 Å². The molecule has 2 nitrogen and oxygen atoms in total. The molecule has 0 aliphatic rings. The summed E-state index contributed by atoms with van der Waals surface area (Å²) in [6, 6.07) is 0. The predicted molar refractivity (Wildman–Crippen MR) is 11.4 cm³/mol. The van der Waals surface area contributed by atoms with E-state index in [1.165, 1.54) is 0 Å². The van der Waals surface area contributed by atoms with Crippen molar-refractivity contribution in [3.8, 4) is 0 Å². The molecule has 4 heavy (non-hydrogen) atoms. The molecule has 0 heterocycles. The molecule has 0 amide bonds. The Hall–Kier alpha value is 2.50. The summed E-state index contributed by atoms with van der Waals surface area (Å²) in [5.41, 5.74) is 0. The van der Waals surface area contributed by atoms with Crippen molar-refractivity contribution in [2.24, 2.45) is 0 Å². The first-order valence-electron chi connectivity index (χ1n) is 0.167. The van der Waals surface area contributed by atoms with E-state index in [0.29, 0.717) is 19.8 Å². The van der Waals surface area contributed by atoms with E-state index in [-0.39, 0.29) is 74.4 Å². The molecule has 0 spiro atoms. The summed E-state index contributed by atoms with van der Waals surface area (Å²) in [6.45, 7) is 0. The third-order valence-corrected chi connectivity index (χ3v) is 0. The van der Waals surface area contributed by atoms with Crippen LogP contribution in [0.3, 0.4) is 0 Å². The van der Waals surface area contributed by atoms with E-state index in [0.717, 1.165) is 0 Å². The van der Waals surface area contributed by atoms with Crippen LogP contribution in [0.4, 0.5) is 0 Å². The van der Waals surface area contributed by atoms with Gasteiger partial charge in [-0.1, -0.05) is 0 Å². The van der Waals surface area contributed by atoms with Crippen LogP contribution in [0.25, 0.3) is 0 Å². The van der Waals surface area contributed by atoms with Crippen LogP contribution in [-0.2, 0) is 23.2 Å². The normalized spacial score (nSPS) is 1.00. The third-order valence-electron chi connectivity index (χ3n) is 0. The van der Waals surface area contributed by atoms with E-state index in [1.54, 1.807) is 0 Å². The number of hydrogen-bond acceptors (Lipinski definition) is 1. The Bertz CT molecular complexity index is 6.00. The SMILES string of the molecule is O.[CsH].[O]=[W]. The van der Waals surface area contributed by atoms with Gasteiger partial charge in [0.25, 0.3) is 0 Å². The Morgan fingerprint density at radius 3 is 1.25 bits per heavy atom. The molecule has 0 radical (unpaired) electrons. The monoisotopic (exact) mass is 352 g/mol. The molecule has 0 saturated heterocycles. The quantitative estimate of drug-likeness (QED) is 0.519. The molecule has 0 aromatic heterocycles. The van der Waals surface area contributed by atoms with Crippen LogP contribution in [-0.4, -0.2) is 74.4 Å². The molecule has 0 aromatic carbocycles. The molecular weight excluding hydrogens is 349 g/mol. The first kappa shape index (κ1) is 16.1. The molecular formula is H3CsO2W. The molecule has 0 unspecified atom stereocenters. The van der Waals surface area contributed by atoms with Crippen LogP contribution in [0.1, 0.15) is 0 Å². The fourth-order valence-electron chi connectivity index (χ4n) is 0. The zero-order valence-corrected chi connectivity index (χ0v) is 4.25. The Labute approximate surface area is 94.7 Å². The van der Waals surface area contributed by atoms with Gasteiger partial charge in [-0.25, -0.2) is 0 Å². The van der Waals surface area contributed by atoms with Gasteiger partial charge in [0, 0.05) is 0 Å². The van der Waals surface area contributed by atoms with Crippen molar-refractivity contribution >= 4 is 68.9 Å². The predicted octanol–water partition coefficient (Wildman–Crippen LogP) is -1.59. The summed E-state index contributed by atoms with van der Waals surface area (Å²) < 4.78 is 8.33. The molecule has 0 fully saturated rings. The van der Waals surface area contributed by atoms with Crippen molar-refractivity contribution in [3.63, 3.8) is 0 Å². The summed E-state index contributed by atoms with van der Waals surface area (Å²) in [4.78, 5) is 0. The van der Waals surface area contributed by atoms with Gasteiger partial charge in [0.15, 0.2) is 0 Å². The second kappa shape index (κ2) is 17.8. The molecule has 0 rings (SSSR count). The fraction of sp³-hybridized carbons (Fsp3) is 0. The van der Waals surface area contributed by atoms with Crippen LogP contribution in [0.5, 0.6) is 0 Å². The Balaban J connectivity index is -0.00000000500. The molecule has 0 aliphatic heterocycles. The summed E-state index contributed by atoms with van der Waals surface area (Å²) in [6.07, 6.45) is 0. The zero-order chi connectivity index (χ0) is 2.00. The number of hydrogen-bond donors (Lipinski definition) is 0. The Kier molecular flexibility index (Phi) is 71.5. The Morgan fingerprint density at radius 1 is 1.25 bits per heavy atom. The third kappa shape index (κ3) is 8.82. The van der Waals surface area contributed by atoms with Gasteiger partial charge in [-0.3, -0.25) is 0 Å². The minimum absolute atomic E-state index is 0. The van der Waals surface area contributed by atoms with E-state index in [4.69, 9.17) is 3.40 Å². The minimum atomic E-state index is 0. The van der Waals surface area contributed by atoms with Gasteiger partial charge in [0.2, 0.25) is 0 Å². The fourth-order valence-corrected chi connectivity index (χ4v) is 0. The van der Waals surface area contributed by atoms with Crippen LogP contribution in [0, 0.1) is 0 Å². The van der Waals surface area contributed by atoms with Gasteiger partial charge in [0.1, 0.15) is 0 Å². The zero-order valence-electron chi connectivity index (χ0n) is 1.32. The van der Waals surface area contributed by atoms with E-state index < -0.39 is 0 Å². The standard InChI is InChI=1S/Cs.H2O.O.W.H/h;1H2;;;. The van der Waals surface area contributed by atoms with Gasteiger partial charge >= 0.3 is 92.1 Å². The molecule has 0 aliphatic carbocycles. The molecule has 0 saturated carbocycles. The van der Waals surface area contributed by atoms with E-state index in [9.17, 15) is 0 Å². The Morgan fingerprint density at radius 2 is 1.25 bits per heavy atom. The van der Waals surface area contributed by atoms with Gasteiger partial charge in [0.05, 0.1) is 0 Å². The average Bonchev–Trinajstić information content (AvgIpc) is 1.00. The van der Waals surface area contributed by atoms with E-state index in [1.807, 2.05) is 0 Å². The van der Waals surface area contributed by atoms with Gasteiger partial charge in [-0.05, 0) is 0 Å². The second-order valence-corrected chi connectivity index (χ2v) is 0. The molecule has 0 aromatic rings. The maximum absolute atomic E-state index is 8.33. The van der Waals surface area contributed by atoms with Crippen molar-refractivity contribution in [3.05, 3.63) is 0 Å². The van der Waals surface area contributed by atoms with Gasteiger partial charge < -0.3 is 5.48 Å². The number of rotatable bonds is 0. The van der Waals surface area contributed by atoms with Gasteiger partial charge in [-0.15, -0.1) is 0 Å². The van der Waals surface area contributed by atoms with Crippen molar-refractivity contribution in [2.75, 3.05) is 0 Å². The summed E-state index contributed by atoms with van der Waals surface area (Å²) in [5, 5.41) is 0. The van der Waals surface area contributed by atoms with Crippen LogP contribution >= 0.6 is 0 Å². The summed E-state index contributed by atoms with van der Waals surface area (Å²) >= 11 is 0.333. The molecule has 22 valence electrons. The second-order valence-electron chi connectivity index (χ2n) is 0. The molecule has 0 bridgehead atoms. The van der Waals surface area contributed by atoms with Crippen LogP contribution < -0.4 is 0 Å². The maximum atomic E-state index is 8.33. The molecule has 4 heteroatoms. The topological polar surface area (TPSA) is 48.6 Å². The van der Waals surface area contributed by atoms with Crippen molar-refractivity contribution in [1.82, 2.24) is 0 Å². The van der Waals surface area contributed by atoms with Crippen LogP contribution in [0.2, 0.25) is 0 Å². The van der Waals surface area contributed by atoms with E-state index >= 15 is 0 Å². The van der Waals surface area contributed by atoms with Crippen molar-refractivity contribution in [2.45, 2.75) is 0 Å². The molecule has 2 N–H and O–H groups in total. The summed E-state index contributed by atoms with van der Waals surface area (Å²) in [7, 11) is 0. The first-order chi connectivity index (χ1) is 1.00. The van der Waals surface area contributed by atoms with E-state index in [2.05, 4.69) is 0 Å². The molecule has 0 atom stereocenters. The summed E-state index contributed by atoms with van der Waals surface area (Å²) in [5.74, 6) is 0. The van der Waals surface area contributed by atoms with Crippen LogP contribution in [0.15, 0.2) is 0 Å². The van der Waals surface area contributed by atoms with Crippen molar-refractivity contribution in [1.29, 1.82) is 0 Å². The average molecular weight is 352 g/mol. The van der Waals surface area contributed by atoms with Gasteiger partial charge in [-0.2, -0.15) is 0 Å².